The number of nitrogens with zero attached hydrogens (tertiary/aromatic N) is 2. The van der Waals surface area contributed by atoms with Crippen LogP contribution < -0.4 is 18.9 Å². The molecule has 3 aromatic rings. The van der Waals surface area contributed by atoms with Gasteiger partial charge in [0.1, 0.15) is 10.6 Å². The van der Waals surface area contributed by atoms with E-state index >= 15 is 0 Å². The average molecular weight is 419 g/mol. The van der Waals surface area contributed by atoms with E-state index in [9.17, 15) is 8.42 Å². The molecule has 0 radical (unpaired) electrons. The van der Waals surface area contributed by atoms with Crippen LogP contribution in [0.2, 0.25) is 0 Å². The zero-order valence-electron chi connectivity index (χ0n) is 16.4. The summed E-state index contributed by atoms with van der Waals surface area (Å²) < 4.78 is 49.0. The van der Waals surface area contributed by atoms with E-state index < -0.39 is 10.0 Å². The minimum absolute atomic E-state index is 0.00906. The Kier molecular flexibility index (Phi) is 5.92. The van der Waals surface area contributed by atoms with Gasteiger partial charge in [-0.15, -0.1) is 5.10 Å². The third-order valence-electron chi connectivity index (χ3n) is 4.20. The largest absolute Gasteiger partial charge is 0.495 e. The Morgan fingerprint density at radius 1 is 0.931 bits per heavy atom. The third kappa shape index (κ3) is 4.27. The van der Waals surface area contributed by atoms with E-state index in [0.29, 0.717) is 23.5 Å². The number of benzene rings is 2. The first-order valence-corrected chi connectivity index (χ1v) is 10.2. The Morgan fingerprint density at radius 2 is 1.62 bits per heavy atom. The quantitative estimate of drug-likeness (QED) is 0.593. The number of sulfonamides is 1. The van der Waals surface area contributed by atoms with Crippen LogP contribution in [0.25, 0.3) is 11.5 Å². The maximum absolute atomic E-state index is 12.8. The van der Waals surface area contributed by atoms with Crippen molar-refractivity contribution in [1.29, 1.82) is 0 Å². The molecule has 0 unspecified atom stereocenters. The Hall–Kier alpha value is -3.27. The lowest BCUT2D eigenvalue weighted by atomic mass is 10.2. The van der Waals surface area contributed by atoms with E-state index in [1.165, 1.54) is 21.3 Å². The molecule has 0 bridgehead atoms. The van der Waals surface area contributed by atoms with Crippen LogP contribution >= 0.6 is 0 Å². The molecule has 0 aliphatic carbocycles. The molecular formula is C19H21N3O6S. The molecule has 0 saturated carbocycles. The molecular weight excluding hydrogens is 398 g/mol. The summed E-state index contributed by atoms with van der Waals surface area (Å²) in [6, 6.07) is 9.73. The van der Waals surface area contributed by atoms with Gasteiger partial charge in [-0.05, 0) is 42.3 Å². The van der Waals surface area contributed by atoms with Gasteiger partial charge in [-0.2, -0.15) is 0 Å². The lowest BCUT2D eigenvalue weighted by Gasteiger charge is -2.10. The summed E-state index contributed by atoms with van der Waals surface area (Å²) in [5.74, 6) is 1.36. The number of hydrogen-bond donors (Lipinski definition) is 1. The monoisotopic (exact) mass is 419 g/mol. The highest BCUT2D eigenvalue weighted by Crippen LogP contribution is 2.33. The molecule has 0 spiro atoms. The van der Waals surface area contributed by atoms with Gasteiger partial charge in [0.25, 0.3) is 10.0 Å². The highest BCUT2D eigenvalue weighted by atomic mass is 32.2. The van der Waals surface area contributed by atoms with Gasteiger partial charge in [0.15, 0.2) is 11.5 Å². The maximum atomic E-state index is 12.8. The SMILES string of the molecule is CCc1ccc(OC)c(S(=O)(=O)Nc2nnc(-c3ccc(OC)c(OC)c3)o2)c1. The molecule has 2 aromatic carbocycles. The van der Waals surface area contributed by atoms with Crippen molar-refractivity contribution in [2.45, 2.75) is 18.2 Å². The first kappa shape index (κ1) is 20.5. The predicted octanol–water partition coefficient (Wildman–Crippen LogP) is 3.13. The van der Waals surface area contributed by atoms with E-state index in [0.717, 1.165) is 5.56 Å². The van der Waals surface area contributed by atoms with Crippen LogP contribution in [0.1, 0.15) is 12.5 Å². The summed E-state index contributed by atoms with van der Waals surface area (Å²) in [4.78, 5) is -0.00906. The number of aromatic nitrogens is 2. The molecule has 0 fully saturated rings. The zero-order valence-corrected chi connectivity index (χ0v) is 17.2. The number of hydrogen-bond acceptors (Lipinski definition) is 8. The van der Waals surface area contributed by atoms with Crippen molar-refractivity contribution in [3.8, 4) is 28.7 Å². The summed E-state index contributed by atoms with van der Waals surface area (Å²) >= 11 is 0. The molecule has 1 aromatic heterocycles. The molecule has 29 heavy (non-hydrogen) atoms. The molecule has 0 atom stereocenters. The minimum Gasteiger partial charge on any atom is -0.495 e. The summed E-state index contributed by atoms with van der Waals surface area (Å²) in [5.41, 5.74) is 1.40. The molecule has 10 heteroatoms. The van der Waals surface area contributed by atoms with Crippen LogP contribution in [-0.4, -0.2) is 39.9 Å². The number of nitrogens with one attached hydrogen (secondary N) is 1. The number of ether oxygens (including phenoxy) is 3. The lowest BCUT2D eigenvalue weighted by Crippen LogP contribution is -2.14. The van der Waals surface area contributed by atoms with Crippen LogP contribution in [0.15, 0.2) is 45.7 Å². The van der Waals surface area contributed by atoms with Crippen molar-refractivity contribution in [3.05, 3.63) is 42.0 Å². The summed E-state index contributed by atoms with van der Waals surface area (Å²) in [5, 5.41) is 7.68. The number of aryl methyl sites for hydroxylation is 1. The fraction of sp³-hybridized carbons (Fsp3) is 0.263. The Morgan fingerprint density at radius 3 is 2.28 bits per heavy atom. The molecule has 0 amide bonds. The van der Waals surface area contributed by atoms with Gasteiger partial charge in [0.05, 0.1) is 21.3 Å². The van der Waals surface area contributed by atoms with Crippen molar-refractivity contribution in [3.63, 3.8) is 0 Å². The van der Waals surface area contributed by atoms with E-state index in [1.807, 2.05) is 6.92 Å². The fourth-order valence-corrected chi connectivity index (χ4v) is 3.82. The Labute approximate surface area is 168 Å². The molecule has 9 nitrogen and oxygen atoms in total. The van der Waals surface area contributed by atoms with Crippen molar-refractivity contribution < 1.29 is 27.0 Å². The Bertz CT molecular complexity index is 1110. The summed E-state index contributed by atoms with van der Waals surface area (Å²) in [7, 11) is 0.441. The molecule has 1 N–H and O–H groups in total. The van der Waals surface area contributed by atoms with Gasteiger partial charge in [-0.3, -0.25) is 0 Å². The van der Waals surface area contributed by atoms with Gasteiger partial charge in [-0.25, -0.2) is 13.1 Å². The second-order valence-electron chi connectivity index (χ2n) is 5.93. The van der Waals surface area contributed by atoms with Crippen LogP contribution in [0.4, 0.5) is 6.01 Å². The second-order valence-corrected chi connectivity index (χ2v) is 7.58. The number of methoxy groups -OCH3 is 3. The van der Waals surface area contributed by atoms with Gasteiger partial charge in [0, 0.05) is 5.56 Å². The van der Waals surface area contributed by atoms with E-state index in [1.54, 1.807) is 36.4 Å². The highest BCUT2D eigenvalue weighted by molar-refractivity contribution is 7.92. The van der Waals surface area contributed by atoms with Gasteiger partial charge < -0.3 is 18.6 Å². The molecule has 1 heterocycles. The molecule has 0 saturated heterocycles. The summed E-state index contributed by atoms with van der Waals surface area (Å²) in [6.07, 6.45) is 0.677. The van der Waals surface area contributed by atoms with Gasteiger partial charge in [-0.1, -0.05) is 18.1 Å². The third-order valence-corrected chi connectivity index (χ3v) is 5.54. The maximum Gasteiger partial charge on any atom is 0.330 e. The number of anilines is 1. The minimum atomic E-state index is -4.00. The van der Waals surface area contributed by atoms with Crippen molar-refractivity contribution >= 4 is 16.0 Å². The molecule has 154 valence electrons. The van der Waals surface area contributed by atoms with Crippen LogP contribution in [-0.2, 0) is 16.4 Å². The van der Waals surface area contributed by atoms with E-state index in [4.69, 9.17) is 18.6 Å². The molecule has 0 aliphatic rings. The highest BCUT2D eigenvalue weighted by Gasteiger charge is 2.23. The van der Waals surface area contributed by atoms with Crippen molar-refractivity contribution in [2.24, 2.45) is 0 Å². The van der Waals surface area contributed by atoms with Crippen LogP contribution in [0.3, 0.4) is 0 Å². The van der Waals surface area contributed by atoms with E-state index in [2.05, 4.69) is 14.9 Å². The van der Waals surface area contributed by atoms with Gasteiger partial charge >= 0.3 is 6.01 Å². The van der Waals surface area contributed by atoms with Crippen LogP contribution in [0.5, 0.6) is 17.2 Å². The lowest BCUT2D eigenvalue weighted by molar-refractivity contribution is 0.355. The average Bonchev–Trinajstić information content (AvgIpc) is 3.20. The topological polar surface area (TPSA) is 113 Å². The van der Waals surface area contributed by atoms with E-state index in [-0.39, 0.29) is 22.6 Å². The fourth-order valence-electron chi connectivity index (χ4n) is 2.67. The van der Waals surface area contributed by atoms with Crippen molar-refractivity contribution in [2.75, 3.05) is 26.1 Å². The molecule has 0 aliphatic heterocycles. The number of rotatable bonds is 8. The standard InChI is InChI=1S/C19H21N3O6S/c1-5-12-6-8-15(26-3)17(10-12)29(23,24)22-19-21-20-18(28-19)13-7-9-14(25-2)16(11-13)27-4/h6-11H,5H2,1-4H3,(H,21,22). The first-order chi connectivity index (χ1) is 13.9. The summed E-state index contributed by atoms with van der Waals surface area (Å²) in [6.45, 7) is 1.93. The first-order valence-electron chi connectivity index (χ1n) is 8.67. The Balaban J connectivity index is 1.90. The molecule has 3 rings (SSSR count). The van der Waals surface area contributed by atoms with Gasteiger partial charge in [0.2, 0.25) is 5.89 Å². The van der Waals surface area contributed by atoms with Crippen LogP contribution in [0, 0.1) is 0 Å². The zero-order chi connectivity index (χ0) is 21.0. The second kappa shape index (κ2) is 8.39. The normalized spacial score (nSPS) is 11.2. The van der Waals surface area contributed by atoms with Crippen molar-refractivity contribution in [1.82, 2.24) is 10.2 Å². The smallest absolute Gasteiger partial charge is 0.330 e. The predicted molar refractivity (Wildman–Crippen MR) is 106 cm³/mol.